The molecule has 2 amide bonds. The maximum Gasteiger partial charge on any atom is 0.490 e. The summed E-state index contributed by atoms with van der Waals surface area (Å²) < 4.78 is 76.9. The maximum absolute atomic E-state index is 14.4. The van der Waals surface area contributed by atoms with Gasteiger partial charge in [-0.05, 0) is 68.2 Å². The summed E-state index contributed by atoms with van der Waals surface area (Å²) in [4.78, 5) is 32.1. The predicted molar refractivity (Wildman–Crippen MR) is 254 cm³/mol. The average Bonchev–Trinajstić information content (AvgIpc) is 3.14. The van der Waals surface area contributed by atoms with Gasteiger partial charge in [0.25, 0.3) is 0 Å². The second-order valence-electron chi connectivity index (χ2n) is 22.3. The Kier molecular flexibility index (Phi) is 14.2. The molecule has 0 aromatic heterocycles. The van der Waals surface area contributed by atoms with Gasteiger partial charge in [-0.3, -0.25) is 0 Å². The molecule has 0 atom stereocenters. The topological polar surface area (TPSA) is 186 Å². The Labute approximate surface area is 394 Å². The quantitative estimate of drug-likeness (QED) is 0.0840. The lowest BCUT2D eigenvalue weighted by Crippen LogP contribution is -2.30. The van der Waals surface area contributed by atoms with Crippen molar-refractivity contribution in [1.82, 2.24) is 0 Å². The molecule has 0 saturated carbocycles. The molecule has 0 bridgehead atoms. The highest BCUT2D eigenvalue weighted by molar-refractivity contribution is 6.02. The van der Waals surface area contributed by atoms with Crippen molar-refractivity contribution < 1.29 is 60.4 Å². The first-order valence-electron chi connectivity index (χ1n) is 21.7. The molecule has 372 valence electrons. The number of carboxylic acid groups (broad SMARTS) is 2. The minimum Gasteiger partial charge on any atom is -0.475 e. The second-order valence-corrected chi connectivity index (χ2v) is 22.3. The van der Waals surface area contributed by atoms with Gasteiger partial charge in [-0.15, -0.1) is 0 Å². The first-order valence-corrected chi connectivity index (χ1v) is 21.7. The van der Waals surface area contributed by atoms with E-state index < -0.39 is 41.2 Å². The van der Waals surface area contributed by atoms with Crippen LogP contribution in [0, 0.1) is 0 Å². The van der Waals surface area contributed by atoms with Crippen molar-refractivity contribution in [3.63, 3.8) is 0 Å². The van der Waals surface area contributed by atoms with Crippen molar-refractivity contribution in [3.05, 3.63) is 93.0 Å². The largest absolute Gasteiger partial charge is 0.490 e. The Hall–Kier alpha value is -6.13. The van der Waals surface area contributed by atoms with E-state index in [0.717, 1.165) is 44.5 Å². The lowest BCUT2D eigenvalue weighted by atomic mass is 9.71. The number of carbonyl (C=O) groups is 3. The molecule has 0 saturated heterocycles. The van der Waals surface area contributed by atoms with Crippen LogP contribution in [-0.2, 0) is 42.1 Å². The van der Waals surface area contributed by atoms with Gasteiger partial charge in [0.05, 0.1) is 22.7 Å². The van der Waals surface area contributed by atoms with Gasteiger partial charge in [0.1, 0.15) is 0 Å². The number of amides is 2. The fraction of sp³-hybridized carbons (Fsp3) is 0.471. The van der Waals surface area contributed by atoms with Crippen molar-refractivity contribution in [2.75, 3.05) is 22.1 Å². The zero-order valence-corrected chi connectivity index (χ0v) is 41.5. The second kappa shape index (κ2) is 17.7. The number of aliphatic carboxylic acids is 2. The number of alkyl halides is 6. The minimum absolute atomic E-state index is 0.0941. The number of carbonyl (C=O) groups excluding carboxylic acids is 1. The lowest BCUT2D eigenvalue weighted by Gasteiger charge is -2.39. The van der Waals surface area contributed by atoms with Crippen LogP contribution in [0.4, 0.5) is 53.9 Å². The third-order valence-electron chi connectivity index (χ3n) is 12.0. The summed E-state index contributed by atoms with van der Waals surface area (Å²) in [6.45, 7) is 35.0. The highest BCUT2D eigenvalue weighted by Crippen LogP contribution is 2.56. The van der Waals surface area contributed by atoms with Crippen LogP contribution in [0.5, 0.6) is 23.0 Å². The number of halogens is 6. The number of hydrogen-bond donors (Lipinski definition) is 6. The molecule has 6 rings (SSSR count). The van der Waals surface area contributed by atoms with E-state index in [-0.39, 0.29) is 21.7 Å². The molecular formula is C51H64F6N4O7. The lowest BCUT2D eigenvalue weighted by molar-refractivity contribution is -0.193. The highest BCUT2D eigenvalue weighted by Gasteiger charge is 2.42. The molecule has 2 aliphatic heterocycles. The van der Waals surface area contributed by atoms with E-state index in [0.29, 0.717) is 45.7 Å². The van der Waals surface area contributed by atoms with E-state index in [1.165, 1.54) is 0 Å². The Morgan fingerprint density at radius 3 is 0.897 bits per heavy atom. The van der Waals surface area contributed by atoms with Gasteiger partial charge in [0.2, 0.25) is 0 Å². The summed E-state index contributed by atoms with van der Waals surface area (Å²) in [5.74, 6) is -3.09. The molecule has 2 heterocycles. The molecule has 11 nitrogen and oxygen atoms in total. The fourth-order valence-corrected chi connectivity index (χ4v) is 7.55. The number of carboxylic acids is 2. The van der Waals surface area contributed by atoms with Gasteiger partial charge >= 0.3 is 30.3 Å². The maximum atomic E-state index is 14.4. The molecule has 4 aromatic carbocycles. The van der Waals surface area contributed by atoms with Crippen LogP contribution in [-0.4, -0.2) is 40.5 Å². The van der Waals surface area contributed by atoms with E-state index in [1.54, 1.807) is 0 Å². The fourth-order valence-electron chi connectivity index (χ4n) is 7.55. The van der Waals surface area contributed by atoms with Crippen molar-refractivity contribution in [2.24, 2.45) is 0 Å². The summed E-state index contributed by atoms with van der Waals surface area (Å²) in [7, 11) is 0. The molecule has 0 radical (unpaired) electrons. The summed E-state index contributed by atoms with van der Waals surface area (Å²) in [6.07, 6.45) is -10.2. The first kappa shape index (κ1) is 54.5. The van der Waals surface area contributed by atoms with Crippen molar-refractivity contribution in [1.29, 1.82) is 0 Å². The third-order valence-corrected chi connectivity index (χ3v) is 12.0. The average molecular weight is 959 g/mol. The third kappa shape index (κ3) is 11.6. The molecule has 0 fully saturated rings. The highest BCUT2D eigenvalue weighted by atomic mass is 19.4. The molecule has 68 heavy (non-hydrogen) atoms. The molecule has 4 aromatic rings. The van der Waals surface area contributed by atoms with Crippen LogP contribution < -0.4 is 31.6 Å². The van der Waals surface area contributed by atoms with Crippen LogP contribution in [0.25, 0.3) is 0 Å². The minimum atomic E-state index is -5.08. The Bertz CT molecular complexity index is 2460. The summed E-state index contributed by atoms with van der Waals surface area (Å²) in [6, 6.07) is 16.5. The normalized spacial score (nSPS) is 14.9. The smallest absolute Gasteiger partial charge is 0.475 e. The molecule has 8 N–H and O–H groups in total. The van der Waals surface area contributed by atoms with Gasteiger partial charge in [-0.25, -0.2) is 14.4 Å². The Morgan fingerprint density at radius 2 is 0.676 bits per heavy atom. The predicted octanol–water partition coefficient (Wildman–Crippen LogP) is 13.8. The summed E-state index contributed by atoms with van der Waals surface area (Å²) in [5, 5.41) is 20.6. The van der Waals surface area contributed by atoms with E-state index in [2.05, 4.69) is 146 Å². The molecule has 2 aliphatic rings. The number of urea groups is 1. The standard InChI is InChI=1S/C47H62N4O3.2C2HF3O2/c1-42(2,3)25-17-29-37(33(48)21-25)53-39-31(46(29,13)14)19-27(44(7,8)9)23-35(39)50-41(52)51-36-24-28(45(10,11)12)20-32-40(36)54-38-30(47(32,15)16)18-26(22-34(38)49)43(4,5)6;2*3-2(4,5)1(6)7/h17-24H,48-49H2,1-16H3,(H2,50,51,52);2*(H,6,7). The zero-order valence-electron chi connectivity index (χ0n) is 41.5. The van der Waals surface area contributed by atoms with Gasteiger partial charge in [-0.2, -0.15) is 26.3 Å². The number of ether oxygens (including phenoxy) is 2. The van der Waals surface area contributed by atoms with E-state index in [9.17, 15) is 31.1 Å². The van der Waals surface area contributed by atoms with Gasteiger partial charge in [0, 0.05) is 33.1 Å². The van der Waals surface area contributed by atoms with E-state index in [1.807, 2.05) is 24.3 Å². The number of nitrogen functional groups attached to an aromatic ring is 2. The van der Waals surface area contributed by atoms with Crippen LogP contribution in [0.2, 0.25) is 0 Å². The van der Waals surface area contributed by atoms with Gasteiger partial charge in [0.15, 0.2) is 23.0 Å². The number of nitrogens with one attached hydrogen (secondary N) is 2. The van der Waals surface area contributed by atoms with E-state index >= 15 is 0 Å². The number of rotatable bonds is 2. The van der Waals surface area contributed by atoms with Crippen LogP contribution in [0.3, 0.4) is 0 Å². The monoisotopic (exact) mass is 958 g/mol. The Balaban J connectivity index is 0.000000626. The van der Waals surface area contributed by atoms with E-state index in [4.69, 9.17) is 40.7 Å². The summed E-state index contributed by atoms with van der Waals surface area (Å²) >= 11 is 0. The Morgan fingerprint density at radius 1 is 0.456 bits per heavy atom. The van der Waals surface area contributed by atoms with Crippen LogP contribution >= 0.6 is 0 Å². The number of hydrogen-bond acceptors (Lipinski definition) is 7. The van der Waals surface area contributed by atoms with Gasteiger partial charge in [-0.1, -0.05) is 135 Å². The van der Waals surface area contributed by atoms with Crippen LogP contribution in [0.1, 0.15) is 155 Å². The molecule has 17 heteroatoms. The first-order chi connectivity index (χ1) is 30.4. The van der Waals surface area contributed by atoms with Crippen molar-refractivity contribution in [2.45, 2.75) is 156 Å². The van der Waals surface area contributed by atoms with Crippen molar-refractivity contribution >= 4 is 40.7 Å². The van der Waals surface area contributed by atoms with Crippen molar-refractivity contribution in [3.8, 4) is 23.0 Å². The number of benzene rings is 4. The number of nitrogens with two attached hydrogens (primary N) is 2. The molecule has 0 aliphatic carbocycles. The number of fused-ring (bicyclic) bond motifs is 4. The molecule has 0 spiro atoms. The summed E-state index contributed by atoms with van der Waals surface area (Å²) in [5.41, 5.74) is 22.7. The van der Waals surface area contributed by atoms with Crippen LogP contribution in [0.15, 0.2) is 48.5 Å². The SMILES string of the molecule is CC(C)(C)c1cc(N)c2c(c1)C(C)(C)c1cc(C(C)(C)C)cc(NC(=O)Nc3cc(C(C)(C)C)cc4c3Oc3c(N)cc(C(C)(C)C)cc3C4(C)C)c1O2.O=C(O)C(F)(F)F.O=C(O)C(F)(F)F. The van der Waals surface area contributed by atoms with Gasteiger partial charge < -0.3 is 41.8 Å². The molecular weight excluding hydrogens is 895 g/mol. The molecule has 0 unspecified atom stereocenters. The zero-order chi connectivity index (χ0) is 52.5. The number of anilines is 4.